The van der Waals surface area contributed by atoms with E-state index in [9.17, 15) is 14.4 Å². The maximum absolute atomic E-state index is 12.8. The van der Waals surface area contributed by atoms with Crippen LogP contribution in [0.5, 0.6) is 0 Å². The minimum atomic E-state index is -0.814. The third-order valence-electron chi connectivity index (χ3n) is 7.19. The standard InChI is InChI=1S/C26H30N2O5/c1-15(24(29)28(3)18-12-17(13-18)25(30)31)16(2)27-26(32)33-14-23-21-10-6-4-8-19(21)20-9-5-7-11-22(20)23/h4-11,15-18,23H,12-14H2,1-3H3,(H,27,32)(H,30,31). The van der Waals surface area contributed by atoms with Gasteiger partial charge in [0.1, 0.15) is 6.61 Å². The second-order valence-electron chi connectivity index (χ2n) is 9.16. The van der Waals surface area contributed by atoms with Gasteiger partial charge in [0, 0.05) is 25.0 Å². The number of carboxylic acid groups (broad SMARTS) is 1. The van der Waals surface area contributed by atoms with Crippen molar-refractivity contribution < 1.29 is 24.2 Å². The molecule has 2 unspecified atom stereocenters. The van der Waals surface area contributed by atoms with Crippen LogP contribution in [0.15, 0.2) is 48.5 Å². The van der Waals surface area contributed by atoms with Crippen molar-refractivity contribution in [3.05, 3.63) is 59.7 Å². The van der Waals surface area contributed by atoms with Gasteiger partial charge in [-0.3, -0.25) is 9.59 Å². The Balaban J connectivity index is 1.31. The highest BCUT2D eigenvalue weighted by Crippen LogP contribution is 2.44. The number of benzene rings is 2. The smallest absolute Gasteiger partial charge is 0.407 e. The summed E-state index contributed by atoms with van der Waals surface area (Å²) < 4.78 is 5.58. The van der Waals surface area contributed by atoms with Crippen molar-refractivity contribution in [1.29, 1.82) is 0 Å². The first-order valence-corrected chi connectivity index (χ1v) is 11.4. The number of rotatable bonds is 7. The van der Waals surface area contributed by atoms with E-state index >= 15 is 0 Å². The fraction of sp³-hybridized carbons (Fsp3) is 0.423. The molecule has 2 aromatic rings. The molecule has 2 aliphatic carbocycles. The molecule has 2 N–H and O–H groups in total. The van der Waals surface area contributed by atoms with E-state index in [0.29, 0.717) is 12.8 Å². The lowest BCUT2D eigenvalue weighted by Gasteiger charge is -2.40. The van der Waals surface area contributed by atoms with Gasteiger partial charge < -0.3 is 20.1 Å². The molecule has 4 rings (SSSR count). The maximum Gasteiger partial charge on any atom is 0.407 e. The number of nitrogens with one attached hydrogen (secondary N) is 1. The minimum absolute atomic E-state index is 0.0237. The maximum atomic E-state index is 12.8. The number of ether oxygens (including phenoxy) is 1. The second-order valence-corrected chi connectivity index (χ2v) is 9.16. The van der Waals surface area contributed by atoms with Crippen molar-refractivity contribution in [3.8, 4) is 11.1 Å². The first kappa shape index (κ1) is 22.8. The topological polar surface area (TPSA) is 95.9 Å². The van der Waals surface area contributed by atoms with Crippen LogP contribution >= 0.6 is 0 Å². The zero-order valence-electron chi connectivity index (χ0n) is 19.2. The molecule has 174 valence electrons. The molecule has 0 heterocycles. The van der Waals surface area contributed by atoms with Crippen LogP contribution in [0.3, 0.4) is 0 Å². The number of carbonyl (C=O) groups excluding carboxylic acids is 2. The lowest BCUT2D eigenvalue weighted by molar-refractivity contribution is -0.151. The van der Waals surface area contributed by atoms with Gasteiger partial charge in [0.25, 0.3) is 0 Å². The minimum Gasteiger partial charge on any atom is -0.481 e. The molecule has 2 amide bonds. The van der Waals surface area contributed by atoms with Crippen LogP contribution in [0.1, 0.15) is 43.7 Å². The number of alkyl carbamates (subject to hydrolysis) is 1. The number of amides is 2. The molecule has 0 radical (unpaired) electrons. The number of aliphatic carboxylic acids is 1. The summed E-state index contributed by atoms with van der Waals surface area (Å²) >= 11 is 0. The van der Waals surface area contributed by atoms with E-state index in [4.69, 9.17) is 9.84 Å². The SMILES string of the molecule is CC(NC(=O)OCC1c2ccccc2-c2ccccc21)C(C)C(=O)N(C)C1CC(C(=O)O)C1. The number of nitrogens with zero attached hydrogens (tertiary/aromatic N) is 1. The summed E-state index contributed by atoms with van der Waals surface area (Å²) in [6.45, 7) is 3.76. The van der Waals surface area contributed by atoms with Crippen molar-refractivity contribution >= 4 is 18.0 Å². The Bertz CT molecular complexity index is 1020. The van der Waals surface area contributed by atoms with E-state index in [1.165, 1.54) is 11.1 Å². The zero-order valence-corrected chi connectivity index (χ0v) is 19.2. The normalized spacial score (nSPS) is 20.6. The second kappa shape index (κ2) is 9.25. The van der Waals surface area contributed by atoms with Crippen LogP contribution < -0.4 is 5.32 Å². The van der Waals surface area contributed by atoms with Crippen LogP contribution in [0.2, 0.25) is 0 Å². The molecular formula is C26H30N2O5. The predicted octanol–water partition coefficient (Wildman–Crippen LogP) is 3.87. The summed E-state index contributed by atoms with van der Waals surface area (Å²) in [5.74, 6) is -1.79. The van der Waals surface area contributed by atoms with Gasteiger partial charge in [-0.1, -0.05) is 55.5 Å². The van der Waals surface area contributed by atoms with Crippen molar-refractivity contribution in [2.75, 3.05) is 13.7 Å². The predicted molar refractivity (Wildman–Crippen MR) is 124 cm³/mol. The highest BCUT2D eigenvalue weighted by molar-refractivity contribution is 5.81. The third kappa shape index (κ3) is 4.45. The largest absolute Gasteiger partial charge is 0.481 e. The average molecular weight is 451 g/mol. The van der Waals surface area contributed by atoms with Gasteiger partial charge in [-0.15, -0.1) is 0 Å². The van der Waals surface area contributed by atoms with E-state index in [0.717, 1.165) is 11.1 Å². The summed E-state index contributed by atoms with van der Waals surface area (Å²) in [4.78, 5) is 38.0. The Morgan fingerprint density at radius 2 is 1.58 bits per heavy atom. The molecule has 0 aliphatic heterocycles. The van der Waals surface area contributed by atoms with Crippen LogP contribution in [-0.4, -0.2) is 53.7 Å². The van der Waals surface area contributed by atoms with Crippen molar-refractivity contribution in [1.82, 2.24) is 10.2 Å². The van der Waals surface area contributed by atoms with E-state index in [2.05, 4.69) is 29.6 Å². The molecule has 0 saturated heterocycles. The number of hydrogen-bond donors (Lipinski definition) is 2. The number of carbonyl (C=O) groups is 3. The lowest BCUT2D eigenvalue weighted by Crippen LogP contribution is -2.52. The Hall–Kier alpha value is -3.35. The van der Waals surface area contributed by atoms with Gasteiger partial charge in [-0.2, -0.15) is 0 Å². The monoisotopic (exact) mass is 450 g/mol. The van der Waals surface area contributed by atoms with Gasteiger partial charge in [0.05, 0.1) is 11.8 Å². The van der Waals surface area contributed by atoms with Gasteiger partial charge in [-0.25, -0.2) is 4.79 Å². The van der Waals surface area contributed by atoms with Gasteiger partial charge in [0.15, 0.2) is 0 Å². The Morgan fingerprint density at radius 3 is 2.12 bits per heavy atom. The van der Waals surface area contributed by atoms with E-state index in [-0.39, 0.29) is 30.4 Å². The van der Waals surface area contributed by atoms with Crippen LogP contribution in [0.4, 0.5) is 4.79 Å². The van der Waals surface area contributed by atoms with Crippen LogP contribution in [0.25, 0.3) is 11.1 Å². The molecule has 1 fully saturated rings. The molecule has 2 aliphatic rings. The van der Waals surface area contributed by atoms with E-state index < -0.39 is 24.0 Å². The Morgan fingerprint density at radius 1 is 1.03 bits per heavy atom. The molecule has 33 heavy (non-hydrogen) atoms. The zero-order chi connectivity index (χ0) is 23.7. The highest BCUT2D eigenvalue weighted by atomic mass is 16.5. The molecular weight excluding hydrogens is 420 g/mol. The highest BCUT2D eigenvalue weighted by Gasteiger charge is 2.40. The number of fused-ring (bicyclic) bond motifs is 3. The average Bonchev–Trinajstić information content (AvgIpc) is 3.09. The summed E-state index contributed by atoms with van der Waals surface area (Å²) in [6.07, 6.45) is 0.387. The fourth-order valence-electron chi connectivity index (χ4n) is 4.77. The first-order valence-electron chi connectivity index (χ1n) is 11.4. The van der Waals surface area contributed by atoms with E-state index in [1.54, 1.807) is 25.8 Å². The molecule has 2 atom stereocenters. The Kier molecular flexibility index (Phi) is 6.40. The van der Waals surface area contributed by atoms with Crippen molar-refractivity contribution in [2.24, 2.45) is 11.8 Å². The molecule has 0 bridgehead atoms. The molecule has 2 aromatic carbocycles. The summed E-state index contributed by atoms with van der Waals surface area (Å²) in [7, 11) is 1.70. The van der Waals surface area contributed by atoms with Crippen molar-refractivity contribution in [3.63, 3.8) is 0 Å². The fourth-order valence-corrected chi connectivity index (χ4v) is 4.77. The van der Waals surface area contributed by atoms with Crippen LogP contribution in [-0.2, 0) is 14.3 Å². The van der Waals surface area contributed by atoms with Crippen molar-refractivity contribution in [2.45, 2.75) is 44.7 Å². The molecule has 0 aromatic heterocycles. The number of hydrogen-bond acceptors (Lipinski definition) is 4. The molecule has 0 spiro atoms. The third-order valence-corrected chi connectivity index (χ3v) is 7.19. The Labute approximate surface area is 193 Å². The molecule has 7 heteroatoms. The quantitative estimate of drug-likeness (QED) is 0.668. The van der Waals surface area contributed by atoms with Gasteiger partial charge in [-0.05, 0) is 42.0 Å². The summed E-state index contributed by atoms with van der Waals surface area (Å²) in [5, 5.41) is 11.8. The first-order chi connectivity index (χ1) is 15.8. The van der Waals surface area contributed by atoms with Gasteiger partial charge >= 0.3 is 12.1 Å². The summed E-state index contributed by atoms with van der Waals surface area (Å²) in [6, 6.07) is 15.8. The molecule has 7 nitrogen and oxygen atoms in total. The number of carboxylic acids is 1. The van der Waals surface area contributed by atoms with Crippen LogP contribution in [0, 0.1) is 11.8 Å². The lowest BCUT2D eigenvalue weighted by atomic mass is 9.79. The van der Waals surface area contributed by atoms with E-state index in [1.807, 2.05) is 24.3 Å². The molecule has 1 saturated carbocycles. The summed E-state index contributed by atoms with van der Waals surface area (Å²) in [5.41, 5.74) is 4.62. The van der Waals surface area contributed by atoms with Gasteiger partial charge in [0.2, 0.25) is 5.91 Å².